The number of thioether (sulfide) groups is 1. The van der Waals surface area contributed by atoms with Crippen molar-refractivity contribution < 1.29 is 19.2 Å². The smallest absolute Gasteiger partial charge is 0.534 e. The van der Waals surface area contributed by atoms with Crippen LogP contribution in [0.4, 0.5) is 0 Å². The second-order valence-corrected chi connectivity index (χ2v) is 10.3. The summed E-state index contributed by atoms with van der Waals surface area (Å²) < 4.78 is 12.2. The van der Waals surface area contributed by atoms with Gasteiger partial charge in [-0.2, -0.15) is 0 Å². The lowest BCUT2D eigenvalue weighted by Crippen LogP contribution is -2.34. The predicted octanol–water partition coefficient (Wildman–Crippen LogP) is 3.06. The monoisotopic (exact) mass is 402 g/mol. The molecule has 1 N–H and O–H groups in total. The molecule has 0 saturated carbocycles. The molecule has 0 bridgehead atoms. The van der Waals surface area contributed by atoms with Crippen LogP contribution >= 0.6 is 23.1 Å². The first-order chi connectivity index (χ1) is 12.6. The lowest BCUT2D eigenvalue weighted by molar-refractivity contribution is -0.138. The Morgan fingerprint density at radius 3 is 2.67 bits per heavy atom. The number of benzene rings is 1. The molecule has 9 heteroatoms. The molecule has 0 radical (unpaired) electrons. The zero-order chi connectivity index (χ0) is 19.6. The highest BCUT2D eigenvalue weighted by atomic mass is 32.2. The van der Waals surface area contributed by atoms with E-state index in [9.17, 15) is 9.90 Å². The molecule has 0 amide bonds. The first-order valence-corrected chi connectivity index (χ1v) is 10.1. The third kappa shape index (κ3) is 3.17. The second kappa shape index (κ2) is 6.08. The quantitative estimate of drug-likeness (QED) is 0.795. The van der Waals surface area contributed by atoms with E-state index in [1.807, 2.05) is 45.9 Å². The lowest BCUT2D eigenvalue weighted by Gasteiger charge is -2.19. The average molecular weight is 402 g/mol. The molecular formula is C18H19BN2O4S2. The van der Waals surface area contributed by atoms with Crippen molar-refractivity contribution in [2.75, 3.05) is 0 Å². The third-order valence-corrected chi connectivity index (χ3v) is 7.08. The summed E-state index contributed by atoms with van der Waals surface area (Å²) in [5, 5.41) is 10.8. The van der Waals surface area contributed by atoms with Crippen LogP contribution in [0, 0.1) is 0 Å². The van der Waals surface area contributed by atoms with Crippen molar-refractivity contribution in [3.05, 3.63) is 35.5 Å². The Bertz CT molecular complexity index is 998. The van der Waals surface area contributed by atoms with E-state index >= 15 is 0 Å². The highest BCUT2D eigenvalue weighted by molar-refractivity contribution is 8.16. The number of carbonyl (C=O) groups is 1. The number of carboxylic acid groups (broad SMARTS) is 1. The van der Waals surface area contributed by atoms with E-state index in [-0.39, 0.29) is 0 Å². The summed E-state index contributed by atoms with van der Waals surface area (Å²) in [5.41, 5.74) is 1.22. The number of carboxylic acids is 1. The van der Waals surface area contributed by atoms with Crippen molar-refractivity contribution in [2.24, 2.45) is 4.99 Å². The van der Waals surface area contributed by atoms with E-state index in [1.165, 1.54) is 23.1 Å². The first kappa shape index (κ1) is 18.5. The van der Waals surface area contributed by atoms with E-state index in [0.29, 0.717) is 10.8 Å². The Labute approximate surface area is 165 Å². The first-order valence-electron chi connectivity index (χ1n) is 8.51. The van der Waals surface area contributed by atoms with Crippen molar-refractivity contribution in [1.82, 2.24) is 4.98 Å². The Kier molecular flexibility index (Phi) is 4.17. The second-order valence-electron chi connectivity index (χ2n) is 7.63. The van der Waals surface area contributed by atoms with Crippen LogP contribution in [0.3, 0.4) is 0 Å². The minimum atomic E-state index is -0.913. The topological polar surface area (TPSA) is 81.0 Å². The third-order valence-electron chi connectivity index (χ3n) is 4.69. The Morgan fingerprint density at radius 1 is 1.33 bits per heavy atom. The van der Waals surface area contributed by atoms with Crippen molar-refractivity contribution in [1.29, 1.82) is 0 Å². The Hall–Kier alpha value is -1.84. The maximum atomic E-state index is 11.5. The van der Waals surface area contributed by atoms with Crippen LogP contribution in [-0.2, 0) is 14.1 Å². The van der Waals surface area contributed by atoms with Gasteiger partial charge in [-0.1, -0.05) is 24.4 Å². The molecular weight excluding hydrogens is 383 g/mol. The van der Waals surface area contributed by atoms with Gasteiger partial charge >= 0.3 is 13.1 Å². The fourth-order valence-corrected chi connectivity index (χ4v) is 5.21. The summed E-state index contributed by atoms with van der Waals surface area (Å²) in [4.78, 5) is 20.5. The molecule has 1 aromatic heterocycles. The van der Waals surface area contributed by atoms with Crippen LogP contribution in [0.1, 0.15) is 32.7 Å². The van der Waals surface area contributed by atoms with Gasteiger partial charge in [0.15, 0.2) is 6.04 Å². The number of aliphatic imine (C=N–C) groups is 1. The SMILES string of the molecule is C=C1OB(c2ccc3nc(C4=NC(C(=O)O)C(C)(C)S4)sc3c2)OC1(C)C. The van der Waals surface area contributed by atoms with E-state index < -0.39 is 29.5 Å². The van der Waals surface area contributed by atoms with Gasteiger partial charge in [0, 0.05) is 4.75 Å². The normalized spacial score (nSPS) is 23.6. The van der Waals surface area contributed by atoms with Crippen LogP contribution in [0.15, 0.2) is 35.5 Å². The van der Waals surface area contributed by atoms with Crippen LogP contribution in [-0.4, -0.2) is 44.6 Å². The maximum absolute atomic E-state index is 11.5. The van der Waals surface area contributed by atoms with Crippen molar-refractivity contribution in [2.45, 2.75) is 44.1 Å². The van der Waals surface area contributed by atoms with Gasteiger partial charge in [0.2, 0.25) is 0 Å². The van der Waals surface area contributed by atoms with Gasteiger partial charge < -0.3 is 14.4 Å². The van der Waals surface area contributed by atoms with Crippen LogP contribution in [0.5, 0.6) is 0 Å². The molecule has 1 atom stereocenters. The van der Waals surface area contributed by atoms with Crippen LogP contribution in [0.2, 0.25) is 0 Å². The number of hydrogen-bond donors (Lipinski definition) is 1. The summed E-state index contributed by atoms with van der Waals surface area (Å²) >= 11 is 2.95. The highest BCUT2D eigenvalue weighted by Crippen LogP contribution is 2.41. The van der Waals surface area contributed by atoms with Gasteiger partial charge in [0.25, 0.3) is 0 Å². The van der Waals surface area contributed by atoms with E-state index in [4.69, 9.17) is 9.31 Å². The van der Waals surface area contributed by atoms with Crippen LogP contribution in [0.25, 0.3) is 10.2 Å². The molecule has 6 nitrogen and oxygen atoms in total. The lowest BCUT2D eigenvalue weighted by atomic mass is 9.79. The van der Waals surface area contributed by atoms with Gasteiger partial charge in [-0.15, -0.1) is 11.3 Å². The molecule has 1 fully saturated rings. The van der Waals surface area contributed by atoms with Gasteiger partial charge in [0.05, 0.1) is 16.0 Å². The summed E-state index contributed by atoms with van der Waals surface area (Å²) in [6.45, 7) is 11.5. The number of rotatable bonds is 3. The Balaban J connectivity index is 1.66. The standard InChI is InChI=1S/C18H19BN2O4S2/c1-9-17(2,3)25-19(24-9)10-6-7-11-12(8-10)26-14(20-11)15-21-13(16(22)23)18(4,5)27-15/h6-8,13H,1H2,2-5H3,(H,22,23). The van der Waals surface area contributed by atoms with Crippen molar-refractivity contribution in [3.8, 4) is 0 Å². The van der Waals surface area contributed by atoms with Gasteiger partial charge in [-0.05, 0) is 45.3 Å². The van der Waals surface area contributed by atoms with Crippen LogP contribution < -0.4 is 5.46 Å². The van der Waals surface area contributed by atoms with E-state index in [0.717, 1.165) is 20.7 Å². The molecule has 3 heterocycles. The molecule has 1 unspecified atom stereocenters. The number of fused-ring (bicyclic) bond motifs is 1. The maximum Gasteiger partial charge on any atom is 0.563 e. The highest BCUT2D eigenvalue weighted by Gasteiger charge is 2.44. The summed E-state index contributed by atoms with van der Waals surface area (Å²) in [5.74, 6) is -0.305. The average Bonchev–Trinajstić information content (AvgIpc) is 3.20. The largest absolute Gasteiger partial charge is 0.563 e. The minimum Gasteiger partial charge on any atom is -0.534 e. The number of aromatic nitrogens is 1. The molecule has 2 aromatic rings. The summed E-state index contributed by atoms with van der Waals surface area (Å²) in [6, 6.07) is 5.08. The van der Waals surface area contributed by atoms with Gasteiger partial charge in [0.1, 0.15) is 15.7 Å². The number of thiazole rings is 1. The fourth-order valence-electron chi connectivity index (χ4n) is 3.00. The minimum absolute atomic E-state index is 0.490. The summed E-state index contributed by atoms with van der Waals surface area (Å²) in [6.07, 6.45) is 0. The number of nitrogens with zero attached hydrogens (tertiary/aromatic N) is 2. The molecule has 0 aliphatic carbocycles. The van der Waals surface area contributed by atoms with E-state index in [1.54, 1.807) is 0 Å². The molecule has 4 rings (SSSR count). The molecule has 0 spiro atoms. The molecule has 1 saturated heterocycles. The molecule has 2 aliphatic rings. The Morgan fingerprint density at radius 2 is 2.07 bits per heavy atom. The molecule has 27 heavy (non-hydrogen) atoms. The van der Waals surface area contributed by atoms with Crippen molar-refractivity contribution in [3.63, 3.8) is 0 Å². The summed E-state index contributed by atoms with van der Waals surface area (Å²) in [7, 11) is -0.490. The predicted molar refractivity (Wildman–Crippen MR) is 110 cm³/mol. The van der Waals surface area contributed by atoms with E-state index in [2.05, 4.69) is 16.6 Å². The number of hydrogen-bond acceptors (Lipinski definition) is 7. The van der Waals surface area contributed by atoms with Gasteiger partial charge in [-0.25, -0.2) is 9.78 Å². The molecule has 2 aliphatic heterocycles. The molecule has 1 aromatic carbocycles. The van der Waals surface area contributed by atoms with Gasteiger partial charge in [-0.3, -0.25) is 4.99 Å². The fraction of sp³-hybridized carbons (Fsp3) is 0.389. The molecule has 140 valence electrons. The van der Waals surface area contributed by atoms with Crippen molar-refractivity contribution >= 4 is 56.9 Å². The zero-order valence-electron chi connectivity index (χ0n) is 15.5. The number of aliphatic carboxylic acids is 1. The zero-order valence-corrected chi connectivity index (χ0v) is 17.1.